The van der Waals surface area contributed by atoms with E-state index in [9.17, 15) is 0 Å². The van der Waals surface area contributed by atoms with E-state index < -0.39 is 0 Å². The van der Waals surface area contributed by atoms with Crippen LogP contribution >= 0.6 is 11.3 Å². The van der Waals surface area contributed by atoms with Gasteiger partial charge in [-0.2, -0.15) is 0 Å². The minimum Gasteiger partial charge on any atom is -0.399 e. The standard InChI is InChI=1S/C13H12N4S/c1-15-12-5-2-8(7-16-12)13-17-10-4-3-9(14)6-11(10)18-13/h2-7H,14H2,1H3,(H,15,16). The van der Waals surface area contributed by atoms with Crippen LogP contribution in [0.5, 0.6) is 0 Å². The first-order valence-electron chi connectivity index (χ1n) is 5.56. The van der Waals surface area contributed by atoms with Crippen LogP contribution in [0, 0.1) is 0 Å². The van der Waals surface area contributed by atoms with E-state index in [0.717, 1.165) is 32.3 Å². The van der Waals surface area contributed by atoms with Crippen molar-refractivity contribution in [2.45, 2.75) is 0 Å². The third kappa shape index (κ3) is 1.89. The Morgan fingerprint density at radius 1 is 1.22 bits per heavy atom. The highest BCUT2D eigenvalue weighted by Crippen LogP contribution is 2.31. The van der Waals surface area contributed by atoms with Crippen molar-refractivity contribution >= 4 is 33.1 Å². The van der Waals surface area contributed by atoms with E-state index in [4.69, 9.17) is 5.73 Å². The fourth-order valence-electron chi connectivity index (χ4n) is 1.73. The first-order valence-corrected chi connectivity index (χ1v) is 6.38. The number of fused-ring (bicyclic) bond motifs is 1. The molecule has 3 rings (SSSR count). The maximum Gasteiger partial charge on any atom is 0.126 e. The van der Waals surface area contributed by atoms with E-state index in [1.807, 2.05) is 43.6 Å². The first kappa shape index (κ1) is 11.0. The quantitative estimate of drug-likeness (QED) is 0.692. The van der Waals surface area contributed by atoms with E-state index in [0.29, 0.717) is 0 Å². The summed E-state index contributed by atoms with van der Waals surface area (Å²) in [4.78, 5) is 8.87. The number of hydrogen-bond donors (Lipinski definition) is 2. The molecule has 2 aromatic heterocycles. The molecule has 2 heterocycles. The predicted molar refractivity (Wildman–Crippen MR) is 76.8 cm³/mol. The summed E-state index contributed by atoms with van der Waals surface area (Å²) in [5.74, 6) is 0.851. The number of hydrogen-bond acceptors (Lipinski definition) is 5. The molecule has 0 aliphatic rings. The van der Waals surface area contributed by atoms with Crippen LogP contribution in [-0.4, -0.2) is 17.0 Å². The molecule has 3 aromatic rings. The second-order valence-electron chi connectivity index (χ2n) is 3.93. The molecule has 3 N–H and O–H groups in total. The van der Waals surface area contributed by atoms with E-state index in [1.54, 1.807) is 11.3 Å². The van der Waals surface area contributed by atoms with E-state index >= 15 is 0 Å². The highest BCUT2D eigenvalue weighted by molar-refractivity contribution is 7.21. The van der Waals surface area contributed by atoms with Crippen molar-refractivity contribution in [3.8, 4) is 10.6 Å². The minimum absolute atomic E-state index is 0.765. The van der Waals surface area contributed by atoms with E-state index in [1.165, 1.54) is 0 Å². The number of nitrogens with two attached hydrogens (primary N) is 1. The second-order valence-corrected chi connectivity index (χ2v) is 4.96. The smallest absolute Gasteiger partial charge is 0.126 e. The number of nitrogen functional groups attached to an aromatic ring is 1. The van der Waals surface area contributed by atoms with E-state index in [-0.39, 0.29) is 0 Å². The molecule has 0 spiro atoms. The van der Waals surface area contributed by atoms with Gasteiger partial charge in [-0.25, -0.2) is 9.97 Å². The molecule has 1 aromatic carbocycles. The average molecular weight is 256 g/mol. The Balaban J connectivity index is 2.07. The largest absolute Gasteiger partial charge is 0.399 e. The van der Waals surface area contributed by atoms with Gasteiger partial charge in [0, 0.05) is 24.5 Å². The van der Waals surface area contributed by atoms with Gasteiger partial charge in [0.1, 0.15) is 10.8 Å². The van der Waals surface area contributed by atoms with E-state index in [2.05, 4.69) is 15.3 Å². The van der Waals surface area contributed by atoms with Crippen LogP contribution in [0.1, 0.15) is 0 Å². The molecular weight excluding hydrogens is 244 g/mol. The number of rotatable bonds is 2. The van der Waals surface area contributed by atoms with Gasteiger partial charge in [0.05, 0.1) is 10.2 Å². The zero-order valence-electron chi connectivity index (χ0n) is 9.84. The molecular formula is C13H12N4S. The number of aromatic nitrogens is 2. The van der Waals surface area contributed by atoms with Crippen LogP contribution in [0.15, 0.2) is 36.5 Å². The molecule has 18 heavy (non-hydrogen) atoms. The second kappa shape index (κ2) is 4.27. The summed E-state index contributed by atoms with van der Waals surface area (Å²) < 4.78 is 1.10. The molecule has 0 bridgehead atoms. The third-order valence-electron chi connectivity index (χ3n) is 2.68. The molecule has 0 saturated carbocycles. The number of nitrogens with zero attached hydrogens (tertiary/aromatic N) is 2. The Morgan fingerprint density at radius 2 is 2.11 bits per heavy atom. The Bertz CT molecular complexity index is 688. The van der Waals surface area contributed by atoms with Crippen LogP contribution in [0.2, 0.25) is 0 Å². The number of thiazole rings is 1. The normalized spacial score (nSPS) is 10.7. The molecule has 0 aliphatic carbocycles. The van der Waals surface area contributed by atoms with Crippen molar-refractivity contribution in [3.05, 3.63) is 36.5 Å². The van der Waals surface area contributed by atoms with Crippen LogP contribution < -0.4 is 11.1 Å². The van der Waals surface area contributed by atoms with Gasteiger partial charge in [0.2, 0.25) is 0 Å². The van der Waals surface area contributed by atoms with Crippen molar-refractivity contribution in [3.63, 3.8) is 0 Å². The molecule has 0 amide bonds. The predicted octanol–water partition coefficient (Wildman–Crippen LogP) is 2.98. The fourth-order valence-corrected chi connectivity index (χ4v) is 2.74. The van der Waals surface area contributed by atoms with Gasteiger partial charge < -0.3 is 11.1 Å². The van der Waals surface area contributed by atoms with Crippen molar-refractivity contribution in [2.24, 2.45) is 0 Å². The van der Waals surface area contributed by atoms with Gasteiger partial charge in [0.25, 0.3) is 0 Å². The van der Waals surface area contributed by atoms with Crippen molar-refractivity contribution in [1.29, 1.82) is 0 Å². The zero-order valence-corrected chi connectivity index (χ0v) is 10.7. The Labute approximate surface area is 109 Å². The SMILES string of the molecule is CNc1ccc(-c2nc3ccc(N)cc3s2)cn1. The number of pyridine rings is 1. The molecule has 0 atom stereocenters. The summed E-state index contributed by atoms with van der Waals surface area (Å²) in [6, 6.07) is 9.72. The maximum atomic E-state index is 5.77. The highest BCUT2D eigenvalue weighted by Gasteiger charge is 2.06. The summed E-state index contributed by atoms with van der Waals surface area (Å²) >= 11 is 1.63. The molecule has 4 nitrogen and oxygen atoms in total. The summed E-state index contributed by atoms with van der Waals surface area (Å²) in [5.41, 5.74) is 8.53. The maximum absolute atomic E-state index is 5.77. The summed E-state index contributed by atoms with van der Waals surface area (Å²) in [5, 5.41) is 3.96. The molecule has 0 fully saturated rings. The lowest BCUT2D eigenvalue weighted by atomic mass is 10.3. The first-order chi connectivity index (χ1) is 8.76. The summed E-state index contributed by atoms with van der Waals surface area (Å²) in [7, 11) is 1.85. The van der Waals surface area contributed by atoms with Crippen molar-refractivity contribution < 1.29 is 0 Å². The van der Waals surface area contributed by atoms with Crippen LogP contribution in [0.3, 0.4) is 0 Å². The Hall–Kier alpha value is -2.14. The summed E-state index contributed by atoms with van der Waals surface area (Å²) in [6.45, 7) is 0. The Morgan fingerprint density at radius 3 is 2.83 bits per heavy atom. The molecule has 0 radical (unpaired) electrons. The molecule has 0 unspecified atom stereocenters. The van der Waals surface area contributed by atoms with Crippen LogP contribution in [0.25, 0.3) is 20.8 Å². The van der Waals surface area contributed by atoms with Crippen LogP contribution in [-0.2, 0) is 0 Å². The molecule has 90 valence electrons. The monoisotopic (exact) mass is 256 g/mol. The number of benzene rings is 1. The van der Waals surface area contributed by atoms with Crippen molar-refractivity contribution in [2.75, 3.05) is 18.1 Å². The van der Waals surface area contributed by atoms with Gasteiger partial charge in [-0.15, -0.1) is 11.3 Å². The van der Waals surface area contributed by atoms with Gasteiger partial charge in [0.15, 0.2) is 0 Å². The average Bonchev–Trinajstić information content (AvgIpc) is 2.81. The Kier molecular flexibility index (Phi) is 2.60. The number of nitrogens with one attached hydrogen (secondary N) is 1. The van der Waals surface area contributed by atoms with Gasteiger partial charge in [-0.05, 0) is 30.3 Å². The van der Waals surface area contributed by atoms with Crippen LogP contribution in [0.4, 0.5) is 11.5 Å². The number of anilines is 2. The third-order valence-corrected chi connectivity index (χ3v) is 3.75. The lowest BCUT2D eigenvalue weighted by Gasteiger charge is -1.99. The summed E-state index contributed by atoms with van der Waals surface area (Å²) in [6.07, 6.45) is 1.83. The van der Waals surface area contributed by atoms with Gasteiger partial charge in [-0.1, -0.05) is 0 Å². The molecule has 5 heteroatoms. The van der Waals surface area contributed by atoms with Crippen molar-refractivity contribution in [1.82, 2.24) is 9.97 Å². The molecule has 0 saturated heterocycles. The molecule has 0 aliphatic heterocycles. The minimum atomic E-state index is 0.765. The lowest BCUT2D eigenvalue weighted by Crippen LogP contribution is -1.90. The fraction of sp³-hybridized carbons (Fsp3) is 0.0769. The van der Waals surface area contributed by atoms with Gasteiger partial charge in [-0.3, -0.25) is 0 Å². The zero-order chi connectivity index (χ0) is 12.5. The van der Waals surface area contributed by atoms with Gasteiger partial charge >= 0.3 is 0 Å². The topological polar surface area (TPSA) is 63.8 Å². The highest BCUT2D eigenvalue weighted by atomic mass is 32.1. The lowest BCUT2D eigenvalue weighted by molar-refractivity contribution is 1.28.